The van der Waals surface area contributed by atoms with Crippen molar-refractivity contribution in [3.63, 3.8) is 0 Å². The SMILES string of the molecule is CCOP(=S)(Oc1ccccc1)Oc1cc(N)on1. The number of nitrogens with two attached hydrogens (primary N) is 1. The first-order valence-corrected chi connectivity index (χ1v) is 8.08. The molecule has 6 nitrogen and oxygen atoms in total. The Balaban J connectivity index is 2.15. The first-order valence-electron chi connectivity index (χ1n) is 5.52. The summed E-state index contributed by atoms with van der Waals surface area (Å²) in [5, 5.41) is 3.60. The summed E-state index contributed by atoms with van der Waals surface area (Å²) in [6.07, 6.45) is 0. The normalized spacial score (nSPS) is 13.7. The Kier molecular flexibility index (Phi) is 4.42. The highest BCUT2D eigenvalue weighted by Gasteiger charge is 2.25. The Morgan fingerprint density at radius 1 is 1.32 bits per heavy atom. The lowest BCUT2D eigenvalue weighted by molar-refractivity contribution is 0.268. The standard InChI is InChI=1S/C11H13N2O4PS/c1-2-14-18(19,16-9-6-4-3-5-7-9)17-11-8-10(12)15-13-11/h3-8H,2,12H2,1H3. The first kappa shape index (κ1) is 13.9. The predicted octanol–water partition coefficient (Wildman–Crippen LogP) is 2.98. The van der Waals surface area contributed by atoms with E-state index in [4.69, 9.17) is 35.6 Å². The average Bonchev–Trinajstić information content (AvgIpc) is 2.75. The van der Waals surface area contributed by atoms with Crippen LogP contribution in [-0.2, 0) is 16.3 Å². The predicted molar refractivity (Wildman–Crippen MR) is 74.5 cm³/mol. The maximum absolute atomic E-state index is 5.61. The van der Waals surface area contributed by atoms with E-state index in [0.29, 0.717) is 12.4 Å². The Hall–Kier alpha value is -1.56. The molecule has 19 heavy (non-hydrogen) atoms. The maximum Gasteiger partial charge on any atom is 0.436 e. The van der Waals surface area contributed by atoms with Gasteiger partial charge in [-0.15, -0.1) is 0 Å². The second-order valence-corrected chi connectivity index (χ2v) is 6.29. The summed E-state index contributed by atoms with van der Waals surface area (Å²) >= 11 is 5.30. The van der Waals surface area contributed by atoms with E-state index in [-0.39, 0.29) is 11.8 Å². The molecule has 2 N–H and O–H groups in total. The molecule has 2 aromatic rings. The van der Waals surface area contributed by atoms with Gasteiger partial charge in [-0.25, -0.2) is 0 Å². The molecule has 0 radical (unpaired) electrons. The minimum Gasteiger partial charge on any atom is -0.416 e. The van der Waals surface area contributed by atoms with Gasteiger partial charge in [-0.05, 0) is 24.2 Å². The lowest BCUT2D eigenvalue weighted by atomic mass is 10.3. The molecule has 0 aliphatic rings. The largest absolute Gasteiger partial charge is 0.436 e. The van der Waals surface area contributed by atoms with E-state index in [0.717, 1.165) is 0 Å². The molecular weight excluding hydrogens is 287 g/mol. The molecule has 1 heterocycles. The molecule has 0 saturated heterocycles. The van der Waals surface area contributed by atoms with Gasteiger partial charge in [0.15, 0.2) is 0 Å². The van der Waals surface area contributed by atoms with E-state index in [1.807, 2.05) is 18.2 Å². The van der Waals surface area contributed by atoms with Crippen LogP contribution >= 0.6 is 6.72 Å². The van der Waals surface area contributed by atoms with Crippen LogP contribution in [0.1, 0.15) is 6.92 Å². The zero-order valence-corrected chi connectivity index (χ0v) is 11.9. The van der Waals surface area contributed by atoms with Crippen LogP contribution in [0, 0.1) is 0 Å². The van der Waals surface area contributed by atoms with Crippen molar-refractivity contribution in [3.8, 4) is 11.6 Å². The third-order valence-electron chi connectivity index (χ3n) is 1.96. The van der Waals surface area contributed by atoms with Crippen molar-refractivity contribution in [1.29, 1.82) is 0 Å². The van der Waals surface area contributed by atoms with Gasteiger partial charge in [-0.1, -0.05) is 18.2 Å². The molecule has 102 valence electrons. The summed E-state index contributed by atoms with van der Waals surface area (Å²) < 4.78 is 21.2. The highest BCUT2D eigenvalue weighted by atomic mass is 32.5. The lowest BCUT2D eigenvalue weighted by Gasteiger charge is -2.20. The number of aromatic nitrogens is 1. The summed E-state index contributed by atoms with van der Waals surface area (Å²) in [5.74, 6) is 0.841. The summed E-state index contributed by atoms with van der Waals surface area (Å²) in [6.45, 7) is -0.834. The first-order chi connectivity index (χ1) is 9.11. The number of rotatable bonds is 6. The van der Waals surface area contributed by atoms with Crippen LogP contribution in [0.5, 0.6) is 11.6 Å². The average molecular weight is 300 g/mol. The second kappa shape index (κ2) is 6.06. The van der Waals surface area contributed by atoms with Gasteiger partial charge in [0.05, 0.1) is 12.7 Å². The summed E-state index contributed by atoms with van der Waals surface area (Å²) in [7, 11) is 0. The van der Waals surface area contributed by atoms with Gasteiger partial charge in [-0.2, -0.15) is 0 Å². The van der Waals surface area contributed by atoms with Gasteiger partial charge in [0.1, 0.15) is 5.75 Å². The van der Waals surface area contributed by atoms with Crippen LogP contribution in [0.3, 0.4) is 0 Å². The highest BCUT2D eigenvalue weighted by Crippen LogP contribution is 2.49. The summed E-state index contributed by atoms with van der Waals surface area (Å²) in [6, 6.07) is 10.5. The second-order valence-electron chi connectivity index (χ2n) is 3.43. The van der Waals surface area contributed by atoms with Gasteiger partial charge >= 0.3 is 6.72 Å². The molecule has 0 spiro atoms. The summed E-state index contributed by atoms with van der Waals surface area (Å²) in [5.41, 5.74) is 5.41. The minimum absolute atomic E-state index is 0.132. The fraction of sp³-hybridized carbons (Fsp3) is 0.182. The molecule has 1 unspecified atom stereocenters. The number of anilines is 1. The Labute approximate surface area is 115 Å². The zero-order valence-electron chi connectivity index (χ0n) is 10.2. The van der Waals surface area contributed by atoms with Gasteiger partial charge < -0.3 is 19.3 Å². The molecule has 0 fully saturated rings. The molecule has 1 aromatic heterocycles. The quantitative estimate of drug-likeness (QED) is 0.821. The number of nitrogen functional groups attached to an aromatic ring is 1. The van der Waals surface area contributed by atoms with Crippen molar-refractivity contribution in [1.82, 2.24) is 5.16 Å². The van der Waals surface area contributed by atoms with Crippen molar-refractivity contribution < 1.29 is 18.1 Å². The van der Waals surface area contributed by atoms with Crippen LogP contribution < -0.4 is 14.8 Å². The third kappa shape index (κ3) is 3.96. The fourth-order valence-electron chi connectivity index (χ4n) is 1.27. The number of hydrogen-bond acceptors (Lipinski definition) is 7. The third-order valence-corrected chi connectivity index (χ3v) is 4.14. The van der Waals surface area contributed by atoms with Crippen LogP contribution in [-0.4, -0.2) is 11.8 Å². The lowest BCUT2D eigenvalue weighted by Crippen LogP contribution is -2.04. The molecule has 0 saturated carbocycles. The summed E-state index contributed by atoms with van der Waals surface area (Å²) in [4.78, 5) is 0. The van der Waals surface area contributed by atoms with E-state index in [9.17, 15) is 0 Å². The van der Waals surface area contributed by atoms with Gasteiger partial charge in [0.2, 0.25) is 5.88 Å². The zero-order chi connectivity index (χ0) is 13.7. The molecule has 1 atom stereocenters. The molecular formula is C11H13N2O4PS. The van der Waals surface area contributed by atoms with Crippen molar-refractivity contribution >= 4 is 24.4 Å². The van der Waals surface area contributed by atoms with Crippen LogP contribution in [0.4, 0.5) is 5.88 Å². The van der Waals surface area contributed by atoms with E-state index < -0.39 is 6.72 Å². The smallest absolute Gasteiger partial charge is 0.416 e. The molecule has 1 aromatic carbocycles. The number of nitrogens with zero attached hydrogens (tertiary/aromatic N) is 1. The molecule has 0 bridgehead atoms. The minimum atomic E-state index is -2.99. The molecule has 2 rings (SSSR count). The van der Waals surface area contributed by atoms with E-state index >= 15 is 0 Å². The Morgan fingerprint density at radius 3 is 2.63 bits per heavy atom. The fourth-order valence-corrected chi connectivity index (χ4v) is 3.23. The van der Waals surface area contributed by atoms with Gasteiger partial charge in [0.25, 0.3) is 5.88 Å². The monoisotopic (exact) mass is 300 g/mol. The van der Waals surface area contributed by atoms with E-state index in [1.165, 1.54) is 6.07 Å². The Bertz CT molecular complexity index is 575. The van der Waals surface area contributed by atoms with Crippen molar-refractivity contribution in [2.24, 2.45) is 0 Å². The number of hydrogen-bond donors (Lipinski definition) is 1. The molecule has 0 amide bonds. The number of para-hydroxylation sites is 1. The topological polar surface area (TPSA) is 79.7 Å². The van der Waals surface area contributed by atoms with Crippen molar-refractivity contribution in [2.75, 3.05) is 12.3 Å². The van der Waals surface area contributed by atoms with Crippen LogP contribution in [0.25, 0.3) is 0 Å². The van der Waals surface area contributed by atoms with Crippen molar-refractivity contribution in [2.45, 2.75) is 6.92 Å². The highest BCUT2D eigenvalue weighted by molar-refractivity contribution is 8.07. The maximum atomic E-state index is 5.61. The van der Waals surface area contributed by atoms with Gasteiger partial charge in [-0.3, -0.25) is 4.52 Å². The molecule has 8 heteroatoms. The van der Waals surface area contributed by atoms with E-state index in [1.54, 1.807) is 19.1 Å². The van der Waals surface area contributed by atoms with E-state index in [2.05, 4.69) is 5.16 Å². The Morgan fingerprint density at radius 2 is 2.05 bits per heavy atom. The van der Waals surface area contributed by atoms with Crippen LogP contribution in [0.2, 0.25) is 0 Å². The van der Waals surface area contributed by atoms with Crippen LogP contribution in [0.15, 0.2) is 40.9 Å². The van der Waals surface area contributed by atoms with Gasteiger partial charge in [0, 0.05) is 11.8 Å². The number of benzene rings is 1. The van der Waals surface area contributed by atoms with Crippen molar-refractivity contribution in [3.05, 3.63) is 36.4 Å². The molecule has 0 aliphatic carbocycles. The molecule has 0 aliphatic heterocycles.